The van der Waals surface area contributed by atoms with Gasteiger partial charge in [0, 0.05) is 25.7 Å². The maximum absolute atomic E-state index is 13.0. The molecule has 0 saturated heterocycles. The Kier molecular flexibility index (Phi) is 3.68. The summed E-state index contributed by atoms with van der Waals surface area (Å²) < 4.78 is 14.9. The average Bonchev–Trinajstić information content (AvgIpc) is 2.99. The number of pyridine rings is 1. The standard InChI is InChI=1S/C18H15FN4O2/c19-12-3-1-11(2-4-12)9-21-18(25)16-15(24)6-8-23-14-5-7-20-10-13(14)22-17(16)23/h1-5,7,10,24H,6,8-9H2,(H,21,25). The molecule has 1 aromatic carbocycles. The zero-order chi connectivity index (χ0) is 17.4. The molecule has 0 unspecified atom stereocenters. The number of carbonyl (C=O) groups excluding carboxylic acids is 1. The Balaban J connectivity index is 1.63. The molecule has 2 aromatic heterocycles. The lowest BCUT2D eigenvalue weighted by Crippen LogP contribution is -2.28. The summed E-state index contributed by atoms with van der Waals surface area (Å²) in [6, 6.07) is 7.72. The summed E-state index contributed by atoms with van der Waals surface area (Å²) in [5.74, 6) is -0.285. The summed E-state index contributed by atoms with van der Waals surface area (Å²) in [5.41, 5.74) is 2.49. The topological polar surface area (TPSA) is 80.0 Å². The molecule has 1 aliphatic rings. The largest absolute Gasteiger partial charge is 0.511 e. The number of imidazole rings is 1. The number of allylic oxidation sites excluding steroid dienone is 1. The minimum atomic E-state index is -0.411. The number of rotatable bonds is 3. The van der Waals surface area contributed by atoms with Gasteiger partial charge in [-0.1, -0.05) is 12.1 Å². The molecule has 25 heavy (non-hydrogen) atoms. The molecular weight excluding hydrogens is 323 g/mol. The Morgan fingerprint density at radius 3 is 2.88 bits per heavy atom. The van der Waals surface area contributed by atoms with E-state index >= 15 is 0 Å². The molecule has 6 nitrogen and oxygen atoms in total. The number of aryl methyl sites for hydroxylation is 1. The normalized spacial score (nSPS) is 13.8. The summed E-state index contributed by atoms with van der Waals surface area (Å²) >= 11 is 0. The van der Waals surface area contributed by atoms with Crippen LogP contribution in [0.4, 0.5) is 4.39 Å². The molecule has 7 heteroatoms. The van der Waals surface area contributed by atoms with Gasteiger partial charge in [0.05, 0.1) is 11.7 Å². The number of hydrogen-bond acceptors (Lipinski definition) is 4. The van der Waals surface area contributed by atoms with E-state index in [1.54, 1.807) is 24.5 Å². The highest BCUT2D eigenvalue weighted by molar-refractivity contribution is 6.19. The first kappa shape index (κ1) is 15.3. The van der Waals surface area contributed by atoms with Crippen LogP contribution in [0.3, 0.4) is 0 Å². The molecule has 0 fully saturated rings. The molecule has 4 rings (SSSR count). The molecule has 1 aliphatic heterocycles. The van der Waals surface area contributed by atoms with Gasteiger partial charge in [0.1, 0.15) is 28.5 Å². The van der Waals surface area contributed by atoms with Gasteiger partial charge < -0.3 is 15.0 Å². The van der Waals surface area contributed by atoms with Crippen LogP contribution in [-0.2, 0) is 17.9 Å². The number of aliphatic hydroxyl groups is 1. The molecule has 126 valence electrons. The van der Waals surface area contributed by atoms with Crippen molar-refractivity contribution in [1.29, 1.82) is 0 Å². The molecule has 3 aromatic rings. The fourth-order valence-electron chi connectivity index (χ4n) is 2.98. The number of benzene rings is 1. The molecule has 0 saturated carbocycles. The summed E-state index contributed by atoms with van der Waals surface area (Å²) in [6.07, 6.45) is 3.66. The number of amides is 1. The summed E-state index contributed by atoms with van der Waals surface area (Å²) in [6.45, 7) is 0.786. The van der Waals surface area contributed by atoms with Crippen molar-refractivity contribution in [2.24, 2.45) is 0 Å². The van der Waals surface area contributed by atoms with E-state index in [0.717, 1.165) is 11.1 Å². The van der Waals surface area contributed by atoms with Crippen LogP contribution in [-0.4, -0.2) is 25.5 Å². The van der Waals surface area contributed by atoms with Crippen LogP contribution in [0.1, 0.15) is 17.8 Å². The van der Waals surface area contributed by atoms with Gasteiger partial charge in [-0.3, -0.25) is 9.78 Å². The molecule has 1 amide bonds. The highest BCUT2D eigenvalue weighted by Crippen LogP contribution is 2.29. The second kappa shape index (κ2) is 6.01. The van der Waals surface area contributed by atoms with Crippen LogP contribution in [0.15, 0.2) is 48.5 Å². The van der Waals surface area contributed by atoms with Gasteiger partial charge in [0.15, 0.2) is 0 Å². The lowest BCUT2D eigenvalue weighted by atomic mass is 10.1. The Hall–Kier alpha value is -3.22. The second-order valence-electron chi connectivity index (χ2n) is 5.83. The first-order valence-corrected chi connectivity index (χ1v) is 7.89. The third kappa shape index (κ3) is 2.73. The van der Waals surface area contributed by atoms with Crippen LogP contribution in [0.5, 0.6) is 0 Å². The van der Waals surface area contributed by atoms with Crippen molar-refractivity contribution in [1.82, 2.24) is 19.9 Å². The third-order valence-electron chi connectivity index (χ3n) is 4.23. The average molecular weight is 338 g/mol. The number of hydrogen-bond donors (Lipinski definition) is 2. The Morgan fingerprint density at radius 1 is 1.28 bits per heavy atom. The van der Waals surface area contributed by atoms with E-state index in [0.29, 0.717) is 24.3 Å². The minimum Gasteiger partial charge on any atom is -0.511 e. The number of aliphatic hydroxyl groups excluding tert-OH is 1. The van der Waals surface area contributed by atoms with Crippen LogP contribution < -0.4 is 5.32 Å². The van der Waals surface area contributed by atoms with E-state index < -0.39 is 5.91 Å². The van der Waals surface area contributed by atoms with Gasteiger partial charge in [-0.25, -0.2) is 9.37 Å². The Bertz CT molecular complexity index is 992. The highest BCUT2D eigenvalue weighted by atomic mass is 19.1. The van der Waals surface area contributed by atoms with E-state index in [2.05, 4.69) is 15.3 Å². The summed E-state index contributed by atoms with van der Waals surface area (Å²) in [5, 5.41) is 13.0. The first-order chi connectivity index (χ1) is 12.1. The zero-order valence-corrected chi connectivity index (χ0v) is 13.2. The van der Waals surface area contributed by atoms with Gasteiger partial charge in [-0.2, -0.15) is 0 Å². The highest BCUT2D eigenvalue weighted by Gasteiger charge is 2.27. The summed E-state index contributed by atoms with van der Waals surface area (Å²) in [7, 11) is 0. The predicted molar refractivity (Wildman–Crippen MR) is 89.9 cm³/mol. The number of fused-ring (bicyclic) bond motifs is 3. The van der Waals surface area contributed by atoms with Crippen LogP contribution >= 0.6 is 0 Å². The van der Waals surface area contributed by atoms with Crippen molar-refractivity contribution < 1.29 is 14.3 Å². The predicted octanol–water partition coefficient (Wildman–Crippen LogP) is 2.56. The number of nitrogens with one attached hydrogen (secondary N) is 1. The number of halogens is 1. The molecule has 0 spiro atoms. The van der Waals surface area contributed by atoms with Crippen molar-refractivity contribution in [3.05, 3.63) is 65.7 Å². The van der Waals surface area contributed by atoms with Gasteiger partial charge in [-0.15, -0.1) is 0 Å². The number of aromatic nitrogens is 3. The van der Waals surface area contributed by atoms with Gasteiger partial charge in [0.25, 0.3) is 5.91 Å². The minimum absolute atomic E-state index is 0.0207. The zero-order valence-electron chi connectivity index (χ0n) is 13.2. The Labute approximate surface area is 142 Å². The molecule has 3 heterocycles. The molecule has 0 aliphatic carbocycles. The van der Waals surface area contributed by atoms with Gasteiger partial charge in [0.2, 0.25) is 0 Å². The monoisotopic (exact) mass is 338 g/mol. The third-order valence-corrected chi connectivity index (χ3v) is 4.23. The molecule has 2 N–H and O–H groups in total. The molecular formula is C18H15FN4O2. The molecule has 0 radical (unpaired) electrons. The lowest BCUT2D eigenvalue weighted by molar-refractivity contribution is -0.115. The van der Waals surface area contributed by atoms with E-state index in [1.807, 2.05) is 10.6 Å². The maximum Gasteiger partial charge on any atom is 0.258 e. The fourth-order valence-corrected chi connectivity index (χ4v) is 2.98. The van der Waals surface area contributed by atoms with Crippen molar-refractivity contribution in [2.45, 2.75) is 19.5 Å². The SMILES string of the molecule is O=C(NCc1ccc(F)cc1)C1=C(O)CCn2c1nc1cnccc12. The van der Waals surface area contributed by atoms with Crippen molar-refractivity contribution in [2.75, 3.05) is 0 Å². The first-order valence-electron chi connectivity index (χ1n) is 7.89. The lowest BCUT2D eigenvalue weighted by Gasteiger charge is -2.18. The number of nitrogens with zero attached hydrogens (tertiary/aromatic N) is 3. The van der Waals surface area contributed by atoms with E-state index in [1.165, 1.54) is 12.1 Å². The molecule has 0 atom stereocenters. The van der Waals surface area contributed by atoms with Crippen molar-refractivity contribution >= 4 is 22.5 Å². The maximum atomic E-state index is 13.0. The molecule has 0 bridgehead atoms. The van der Waals surface area contributed by atoms with Crippen molar-refractivity contribution in [3.63, 3.8) is 0 Å². The van der Waals surface area contributed by atoms with Crippen LogP contribution in [0.2, 0.25) is 0 Å². The summed E-state index contributed by atoms with van der Waals surface area (Å²) in [4.78, 5) is 21.1. The number of carbonyl (C=O) groups is 1. The van der Waals surface area contributed by atoms with E-state index in [-0.39, 0.29) is 23.7 Å². The van der Waals surface area contributed by atoms with Crippen LogP contribution in [0.25, 0.3) is 16.6 Å². The van der Waals surface area contributed by atoms with Gasteiger partial charge in [-0.05, 0) is 23.8 Å². The van der Waals surface area contributed by atoms with Crippen LogP contribution in [0, 0.1) is 5.82 Å². The smallest absolute Gasteiger partial charge is 0.258 e. The quantitative estimate of drug-likeness (QED) is 0.769. The second-order valence-corrected chi connectivity index (χ2v) is 5.83. The van der Waals surface area contributed by atoms with Gasteiger partial charge >= 0.3 is 0 Å². The van der Waals surface area contributed by atoms with E-state index in [9.17, 15) is 14.3 Å². The Morgan fingerprint density at radius 2 is 2.08 bits per heavy atom. The van der Waals surface area contributed by atoms with E-state index in [4.69, 9.17) is 0 Å². The fraction of sp³-hybridized carbons (Fsp3) is 0.167. The van der Waals surface area contributed by atoms with Crippen molar-refractivity contribution in [3.8, 4) is 0 Å².